The maximum atomic E-state index is 12.4. The van der Waals surface area contributed by atoms with Crippen LogP contribution in [0.3, 0.4) is 0 Å². The average Bonchev–Trinajstić information content (AvgIpc) is 3.25. The first-order valence-corrected chi connectivity index (χ1v) is 29.1. The molecule has 0 aromatic rings. The fourth-order valence-electron chi connectivity index (χ4n) is 3.87. The third-order valence-electron chi connectivity index (χ3n) is 6.60. The number of aliphatic hydroxyl groups is 1. The molecule has 0 heterocycles. The van der Waals surface area contributed by atoms with Gasteiger partial charge in [0.25, 0.3) is 23.5 Å². The molecule has 0 radical (unpaired) electrons. The zero-order chi connectivity index (χ0) is 48.9. The van der Waals surface area contributed by atoms with Crippen LogP contribution in [0.4, 0.5) is 0 Å². The van der Waals surface area contributed by atoms with Crippen LogP contribution in [0.2, 0.25) is 0 Å². The summed E-state index contributed by atoms with van der Waals surface area (Å²) in [6.07, 6.45) is -1.40. The Morgan fingerprint density at radius 2 is 0.742 bits per heavy atom. The lowest BCUT2D eigenvalue weighted by Gasteiger charge is -2.30. The molecular weight excluding hydrogens is 1020 g/mol. The summed E-state index contributed by atoms with van der Waals surface area (Å²) in [6, 6.07) is 0. The summed E-state index contributed by atoms with van der Waals surface area (Å²) in [5, 5.41) is 11.3. The standard InChI is InChI=1S/C32H71NO27P4S2/c1-33-29-53-27-32(60-64(41,42)57-26-22-52-18-14-48-10-6-43-3-7-45-11-15-49-19-23-54-61(2,35)36)28-58-62(37,38)55-24-20-50-16-12-46-8-4-44-5-9-47-13-17-51-21-25-56-63(39,40)59-31-66-65-30-34/h32-34H,3-31H2,1-2H3,(H,35,36)(H,37,38)(H,39,40)(H,41,42)/p-4. The van der Waals surface area contributed by atoms with Gasteiger partial charge in [0.2, 0.25) is 0 Å². The number of ether oxygens (including phenoxy) is 11. The Balaban J connectivity index is 3.87. The predicted molar refractivity (Wildman–Crippen MR) is 227 cm³/mol. The molecule has 5 unspecified atom stereocenters. The van der Waals surface area contributed by atoms with Gasteiger partial charge in [0, 0.05) is 6.66 Å². The maximum Gasteiger partial charge on any atom is 0.268 e. The zero-order valence-electron chi connectivity index (χ0n) is 37.3. The Kier molecular flexibility index (Phi) is 46.0. The van der Waals surface area contributed by atoms with E-state index < -0.39 is 50.4 Å². The molecule has 0 aliphatic heterocycles. The summed E-state index contributed by atoms with van der Waals surface area (Å²) in [5.74, 6) is -0.350. The molecular formula is C32H67NO27P4S2-4. The fraction of sp³-hybridized carbons (Fsp3) is 1.00. The molecule has 0 rings (SSSR count). The molecule has 0 amide bonds. The highest BCUT2D eigenvalue weighted by Gasteiger charge is 2.22. The van der Waals surface area contributed by atoms with E-state index in [1.54, 1.807) is 7.05 Å². The third kappa shape index (κ3) is 51.0. The quantitative estimate of drug-likeness (QED) is 0.0310. The van der Waals surface area contributed by atoms with Crippen LogP contribution in [0.5, 0.6) is 0 Å². The van der Waals surface area contributed by atoms with Gasteiger partial charge in [-0.3, -0.25) is 19.0 Å². The van der Waals surface area contributed by atoms with Gasteiger partial charge < -0.3 is 113 Å². The summed E-state index contributed by atoms with van der Waals surface area (Å²) < 4.78 is 138. The van der Waals surface area contributed by atoms with Crippen molar-refractivity contribution >= 4 is 52.7 Å². The van der Waals surface area contributed by atoms with Crippen molar-refractivity contribution in [2.75, 3.05) is 204 Å². The molecule has 66 heavy (non-hydrogen) atoms. The Morgan fingerprint density at radius 3 is 1.08 bits per heavy atom. The molecule has 0 saturated carbocycles. The minimum absolute atomic E-state index is 0.00120. The van der Waals surface area contributed by atoms with Gasteiger partial charge in [0.05, 0.1) is 184 Å². The number of hydrogen-bond donors (Lipinski definition) is 2. The first-order valence-electron chi connectivity index (χ1n) is 20.2. The van der Waals surface area contributed by atoms with Gasteiger partial charge in [0.15, 0.2) is 0 Å². The molecule has 0 saturated heterocycles. The molecule has 0 aromatic heterocycles. The number of aliphatic hydroxyl groups excluding tert-OH is 1. The number of phosphoric ester groups is 3. The van der Waals surface area contributed by atoms with Crippen LogP contribution in [0.1, 0.15) is 0 Å². The molecule has 5 atom stereocenters. The van der Waals surface area contributed by atoms with Crippen LogP contribution in [-0.2, 0) is 102 Å². The van der Waals surface area contributed by atoms with Crippen molar-refractivity contribution in [3.05, 3.63) is 0 Å². The van der Waals surface area contributed by atoms with E-state index in [1.165, 1.54) is 0 Å². The zero-order valence-corrected chi connectivity index (χ0v) is 42.5. The van der Waals surface area contributed by atoms with Gasteiger partial charge in [-0.15, -0.1) is 0 Å². The van der Waals surface area contributed by atoms with Crippen LogP contribution in [0.15, 0.2) is 0 Å². The van der Waals surface area contributed by atoms with Gasteiger partial charge in [-0.1, -0.05) is 21.6 Å². The summed E-state index contributed by atoms with van der Waals surface area (Å²) in [5.41, 5.74) is 0. The molecule has 28 nitrogen and oxygen atoms in total. The highest BCUT2D eigenvalue weighted by molar-refractivity contribution is 8.76. The molecule has 398 valence electrons. The summed E-state index contributed by atoms with van der Waals surface area (Å²) in [4.78, 5) is 47.0. The number of hydrogen-bond acceptors (Lipinski definition) is 30. The molecule has 0 spiro atoms. The fourth-order valence-corrected chi connectivity index (χ4v) is 7.86. The molecule has 34 heteroatoms. The minimum Gasteiger partial charge on any atom is -0.779 e. The van der Waals surface area contributed by atoms with E-state index in [0.29, 0.717) is 39.6 Å². The van der Waals surface area contributed by atoms with Gasteiger partial charge >= 0.3 is 0 Å². The van der Waals surface area contributed by atoms with Crippen LogP contribution < -0.4 is 24.9 Å². The van der Waals surface area contributed by atoms with Crippen molar-refractivity contribution in [3.8, 4) is 0 Å². The summed E-state index contributed by atoms with van der Waals surface area (Å²) >= 11 is 0. The second-order valence-corrected chi connectivity index (χ2v) is 20.4. The number of nitrogens with one attached hydrogen (secondary N) is 1. The SMILES string of the molecule is CNCOCC(COP(=O)([O-])OCCOCCOCCOCCOCCOCCOP(=O)([O-])OCSSCO)OP(=O)([O-])OCCOCCOCCOCCOCCOCCOP(C)(=O)[O-]. The van der Waals surface area contributed by atoms with Crippen molar-refractivity contribution < 1.29 is 127 Å². The normalized spacial score (nSPS) is 16.2. The Bertz CT molecular complexity index is 1290. The van der Waals surface area contributed by atoms with E-state index >= 15 is 0 Å². The molecule has 0 aliphatic rings. The largest absolute Gasteiger partial charge is 0.779 e. The minimum atomic E-state index is -4.95. The topological polar surface area (TPSA) is 359 Å². The van der Waals surface area contributed by atoms with E-state index in [1.807, 2.05) is 0 Å². The van der Waals surface area contributed by atoms with Crippen molar-refractivity contribution in [1.29, 1.82) is 0 Å². The third-order valence-corrected chi connectivity index (χ3v) is 12.0. The van der Waals surface area contributed by atoms with E-state index in [9.17, 15) is 37.8 Å². The van der Waals surface area contributed by atoms with Gasteiger partial charge in [0.1, 0.15) is 19.6 Å². The summed E-state index contributed by atoms with van der Waals surface area (Å²) in [7, 11) is -14.4. The van der Waals surface area contributed by atoms with E-state index in [2.05, 4.69) is 18.9 Å². The second-order valence-electron chi connectivity index (χ2n) is 12.1. The molecule has 0 bridgehead atoms. The van der Waals surface area contributed by atoms with Crippen LogP contribution >= 0.6 is 52.7 Å². The number of phosphoric acid groups is 3. The van der Waals surface area contributed by atoms with Crippen molar-refractivity contribution in [1.82, 2.24) is 5.32 Å². The Hall–Kier alpha value is 0.660. The van der Waals surface area contributed by atoms with E-state index in [-0.39, 0.29) is 138 Å². The highest BCUT2D eigenvalue weighted by Crippen LogP contribution is 2.43. The molecule has 0 aliphatic carbocycles. The van der Waals surface area contributed by atoms with Crippen molar-refractivity contribution in [2.45, 2.75) is 6.10 Å². The second kappa shape index (κ2) is 45.5. The van der Waals surface area contributed by atoms with Gasteiger partial charge in [-0.25, -0.2) is 0 Å². The van der Waals surface area contributed by atoms with Crippen LogP contribution in [-0.4, -0.2) is 215 Å². The van der Waals surface area contributed by atoms with E-state index in [4.69, 9.17) is 75.3 Å². The molecule has 2 N–H and O–H groups in total. The van der Waals surface area contributed by atoms with Gasteiger partial charge in [-0.05, 0) is 7.05 Å². The maximum absolute atomic E-state index is 12.4. The Labute approximate surface area is 393 Å². The lowest BCUT2D eigenvalue weighted by Crippen LogP contribution is -2.30. The van der Waals surface area contributed by atoms with Crippen molar-refractivity contribution in [2.24, 2.45) is 0 Å². The molecule has 0 aromatic carbocycles. The first-order chi connectivity index (χ1) is 31.6. The molecule has 0 fully saturated rings. The monoisotopic (exact) mass is 1090 g/mol. The first kappa shape index (κ1) is 66.7. The Morgan fingerprint density at radius 1 is 0.424 bits per heavy atom. The van der Waals surface area contributed by atoms with E-state index in [0.717, 1.165) is 28.3 Å². The van der Waals surface area contributed by atoms with Crippen molar-refractivity contribution in [3.63, 3.8) is 0 Å². The van der Waals surface area contributed by atoms with Gasteiger partial charge in [-0.2, -0.15) is 0 Å². The lowest BCUT2D eigenvalue weighted by molar-refractivity contribution is -0.240. The average molecular weight is 1090 g/mol. The predicted octanol–water partition coefficient (Wildman–Crippen LogP) is -1.29. The lowest BCUT2D eigenvalue weighted by atomic mass is 10.4. The smallest absolute Gasteiger partial charge is 0.268 e. The number of rotatable bonds is 54. The van der Waals surface area contributed by atoms with Crippen LogP contribution in [0.25, 0.3) is 0 Å². The van der Waals surface area contributed by atoms with Crippen LogP contribution in [0, 0.1) is 0 Å². The summed E-state index contributed by atoms with van der Waals surface area (Å²) in [6.45, 7) is 2.79. The highest BCUT2D eigenvalue weighted by atomic mass is 33.1.